The van der Waals surface area contributed by atoms with Crippen molar-refractivity contribution < 1.29 is 9.53 Å². The highest BCUT2D eigenvalue weighted by molar-refractivity contribution is 7.16. The third-order valence-corrected chi connectivity index (χ3v) is 7.81. The Labute approximate surface area is 177 Å². The number of nitrogens with one attached hydrogen (secondary N) is 1. The van der Waals surface area contributed by atoms with Gasteiger partial charge in [-0.05, 0) is 69.6 Å². The van der Waals surface area contributed by atoms with E-state index in [0.29, 0.717) is 12.0 Å². The van der Waals surface area contributed by atoms with Gasteiger partial charge in [-0.3, -0.25) is 9.69 Å². The molecule has 0 radical (unpaired) electrons. The van der Waals surface area contributed by atoms with Gasteiger partial charge < -0.3 is 15.0 Å². The standard InChI is InChI=1S/C22H32N4O2S/c23-16-19-18-2-1-3-20(18)29-22(19)24-21(27)7-11-25-8-4-17(5-9-25)6-10-26-12-14-28-15-13-26/h17H,1-15H2,(H,24,27). The molecular weight excluding hydrogens is 384 g/mol. The first-order valence-corrected chi connectivity index (χ1v) is 11.9. The van der Waals surface area contributed by atoms with Gasteiger partial charge in [-0.15, -0.1) is 11.3 Å². The number of ether oxygens (including phenoxy) is 1. The third-order valence-electron chi connectivity index (χ3n) is 6.61. The van der Waals surface area contributed by atoms with Gasteiger partial charge in [0.15, 0.2) is 0 Å². The van der Waals surface area contributed by atoms with Gasteiger partial charge in [-0.25, -0.2) is 0 Å². The Balaban J connectivity index is 1.15. The molecule has 0 atom stereocenters. The lowest BCUT2D eigenvalue weighted by molar-refractivity contribution is -0.116. The summed E-state index contributed by atoms with van der Waals surface area (Å²) >= 11 is 1.60. The summed E-state index contributed by atoms with van der Waals surface area (Å²) in [4.78, 5) is 18.7. The van der Waals surface area contributed by atoms with Crippen molar-refractivity contribution in [3.8, 4) is 6.07 Å². The summed E-state index contributed by atoms with van der Waals surface area (Å²) in [7, 11) is 0. The van der Waals surface area contributed by atoms with Gasteiger partial charge in [-0.1, -0.05) is 0 Å². The summed E-state index contributed by atoms with van der Waals surface area (Å²) in [6.45, 7) is 8.12. The molecule has 0 aromatic carbocycles. The van der Waals surface area contributed by atoms with Crippen LogP contribution in [0, 0.1) is 17.2 Å². The highest BCUT2D eigenvalue weighted by Crippen LogP contribution is 2.38. The molecule has 2 fully saturated rings. The average Bonchev–Trinajstić information content (AvgIpc) is 3.33. The van der Waals surface area contributed by atoms with E-state index in [2.05, 4.69) is 21.2 Å². The van der Waals surface area contributed by atoms with Crippen LogP contribution in [0.3, 0.4) is 0 Å². The first-order chi connectivity index (χ1) is 14.2. The third kappa shape index (κ3) is 5.37. The highest BCUT2D eigenvalue weighted by Gasteiger charge is 2.24. The van der Waals surface area contributed by atoms with E-state index in [9.17, 15) is 10.1 Å². The zero-order chi connectivity index (χ0) is 20.1. The highest BCUT2D eigenvalue weighted by atomic mass is 32.1. The number of thiophene rings is 1. The molecule has 158 valence electrons. The number of anilines is 1. The lowest BCUT2D eigenvalue weighted by Gasteiger charge is -2.33. The summed E-state index contributed by atoms with van der Waals surface area (Å²) in [5, 5.41) is 13.2. The van der Waals surface area contributed by atoms with Crippen LogP contribution in [0.5, 0.6) is 0 Å². The molecular formula is C22H32N4O2S. The van der Waals surface area contributed by atoms with Crippen LogP contribution < -0.4 is 5.32 Å². The van der Waals surface area contributed by atoms with Crippen LogP contribution in [0.15, 0.2) is 0 Å². The minimum atomic E-state index is 0.0378. The molecule has 1 aromatic heterocycles. The summed E-state index contributed by atoms with van der Waals surface area (Å²) in [5.74, 6) is 0.852. The van der Waals surface area contributed by atoms with Crippen LogP contribution in [0.4, 0.5) is 5.00 Å². The van der Waals surface area contributed by atoms with Crippen molar-refractivity contribution in [2.45, 2.75) is 44.9 Å². The fourth-order valence-corrected chi connectivity index (χ4v) is 6.00. The molecule has 4 rings (SSSR count). The molecule has 29 heavy (non-hydrogen) atoms. The molecule has 1 aromatic rings. The number of fused-ring (bicyclic) bond motifs is 1. The van der Waals surface area contributed by atoms with Gasteiger partial charge in [0.1, 0.15) is 11.1 Å². The van der Waals surface area contributed by atoms with Crippen molar-refractivity contribution in [2.75, 3.05) is 57.8 Å². The maximum Gasteiger partial charge on any atom is 0.226 e. The molecule has 1 aliphatic carbocycles. The van der Waals surface area contributed by atoms with Crippen molar-refractivity contribution in [1.29, 1.82) is 5.26 Å². The number of hydrogen-bond donors (Lipinski definition) is 1. The number of aryl methyl sites for hydroxylation is 1. The van der Waals surface area contributed by atoms with Crippen LogP contribution in [-0.2, 0) is 22.4 Å². The molecule has 0 unspecified atom stereocenters. The second-order valence-corrected chi connectivity index (χ2v) is 9.60. The first-order valence-electron chi connectivity index (χ1n) is 11.1. The van der Waals surface area contributed by atoms with Crippen molar-refractivity contribution in [3.63, 3.8) is 0 Å². The Bertz CT molecular complexity index is 743. The number of carbonyl (C=O) groups is 1. The summed E-state index contributed by atoms with van der Waals surface area (Å²) in [6.07, 6.45) is 7.42. The second kappa shape index (κ2) is 10.0. The van der Waals surface area contributed by atoms with E-state index < -0.39 is 0 Å². The minimum absolute atomic E-state index is 0.0378. The Kier molecular flexibility index (Phi) is 7.20. The Morgan fingerprint density at radius 1 is 1.14 bits per heavy atom. The summed E-state index contributed by atoms with van der Waals surface area (Å²) in [5.41, 5.74) is 1.88. The molecule has 1 N–H and O–H groups in total. The number of nitrogens with zero attached hydrogens (tertiary/aromatic N) is 3. The summed E-state index contributed by atoms with van der Waals surface area (Å²) in [6, 6.07) is 2.30. The van der Waals surface area contributed by atoms with Crippen LogP contribution in [0.2, 0.25) is 0 Å². The Hall–Kier alpha value is -1.46. The maximum absolute atomic E-state index is 12.4. The molecule has 0 saturated carbocycles. The molecule has 3 aliphatic rings. The normalized spacial score (nSPS) is 21.1. The van der Waals surface area contributed by atoms with Gasteiger partial charge in [0.25, 0.3) is 0 Å². The van der Waals surface area contributed by atoms with E-state index >= 15 is 0 Å². The quantitative estimate of drug-likeness (QED) is 0.740. The maximum atomic E-state index is 12.4. The zero-order valence-corrected chi connectivity index (χ0v) is 18.1. The molecule has 3 heterocycles. The molecule has 2 aliphatic heterocycles. The Morgan fingerprint density at radius 2 is 1.90 bits per heavy atom. The van der Waals surface area contributed by atoms with Gasteiger partial charge in [0.2, 0.25) is 5.91 Å². The van der Waals surface area contributed by atoms with Gasteiger partial charge in [-0.2, -0.15) is 5.26 Å². The number of carbonyl (C=O) groups excluding carboxylic acids is 1. The predicted octanol–water partition coefficient (Wildman–Crippen LogP) is 2.87. The van der Waals surface area contributed by atoms with E-state index in [4.69, 9.17) is 4.74 Å². The topological polar surface area (TPSA) is 68.6 Å². The fraction of sp³-hybridized carbons (Fsp3) is 0.727. The monoisotopic (exact) mass is 416 g/mol. The number of likely N-dealkylation sites (tertiary alicyclic amines) is 1. The van der Waals surface area contributed by atoms with E-state index in [0.717, 1.165) is 76.1 Å². The van der Waals surface area contributed by atoms with Crippen LogP contribution in [-0.4, -0.2) is 68.2 Å². The number of amides is 1. The van der Waals surface area contributed by atoms with Crippen LogP contribution in [0.1, 0.15) is 48.1 Å². The van der Waals surface area contributed by atoms with Crippen molar-refractivity contribution in [3.05, 3.63) is 16.0 Å². The van der Waals surface area contributed by atoms with E-state index in [1.54, 1.807) is 11.3 Å². The number of piperidine rings is 1. The SMILES string of the molecule is N#Cc1c(NC(=O)CCN2CCC(CCN3CCOCC3)CC2)sc2c1CCC2. The van der Waals surface area contributed by atoms with E-state index in [-0.39, 0.29) is 5.91 Å². The number of nitriles is 1. The van der Waals surface area contributed by atoms with E-state index in [1.165, 1.54) is 36.2 Å². The fourth-order valence-electron chi connectivity index (χ4n) is 4.75. The zero-order valence-electron chi connectivity index (χ0n) is 17.3. The molecule has 7 heteroatoms. The largest absolute Gasteiger partial charge is 0.379 e. The van der Waals surface area contributed by atoms with Gasteiger partial charge >= 0.3 is 0 Å². The second-order valence-electron chi connectivity index (χ2n) is 8.50. The Morgan fingerprint density at radius 3 is 2.66 bits per heavy atom. The predicted molar refractivity (Wildman–Crippen MR) is 115 cm³/mol. The smallest absolute Gasteiger partial charge is 0.226 e. The number of morpholine rings is 1. The molecule has 6 nitrogen and oxygen atoms in total. The van der Waals surface area contributed by atoms with Crippen molar-refractivity contribution in [1.82, 2.24) is 9.80 Å². The van der Waals surface area contributed by atoms with Crippen LogP contribution >= 0.6 is 11.3 Å². The molecule has 2 saturated heterocycles. The van der Waals surface area contributed by atoms with Crippen molar-refractivity contribution >= 4 is 22.2 Å². The van der Waals surface area contributed by atoms with Crippen molar-refractivity contribution in [2.24, 2.45) is 5.92 Å². The molecule has 1 amide bonds. The molecule has 0 bridgehead atoms. The number of hydrogen-bond acceptors (Lipinski definition) is 6. The van der Waals surface area contributed by atoms with Gasteiger partial charge in [0.05, 0.1) is 18.8 Å². The lowest BCUT2D eigenvalue weighted by atomic mass is 9.93. The first kappa shape index (κ1) is 20.8. The minimum Gasteiger partial charge on any atom is -0.379 e. The lowest BCUT2D eigenvalue weighted by Crippen LogP contribution is -2.39. The summed E-state index contributed by atoms with van der Waals surface area (Å²) < 4.78 is 5.42. The van der Waals surface area contributed by atoms with Crippen LogP contribution in [0.25, 0.3) is 0 Å². The number of rotatable bonds is 7. The van der Waals surface area contributed by atoms with Gasteiger partial charge in [0, 0.05) is 30.9 Å². The van der Waals surface area contributed by atoms with E-state index in [1.807, 2.05) is 0 Å². The average molecular weight is 417 g/mol. The molecule has 0 spiro atoms.